The lowest BCUT2D eigenvalue weighted by atomic mass is 10.1. The minimum atomic E-state index is 0.170. The number of hydrogen-bond acceptors (Lipinski definition) is 4. The third-order valence-electron chi connectivity index (χ3n) is 3.69. The van der Waals surface area contributed by atoms with E-state index < -0.39 is 0 Å². The monoisotopic (exact) mass is 329 g/mol. The lowest BCUT2D eigenvalue weighted by molar-refractivity contribution is 0.0505. The molecule has 0 unspecified atom stereocenters. The fourth-order valence-electron chi connectivity index (χ4n) is 2.41. The minimum absolute atomic E-state index is 0.170. The largest absolute Gasteiger partial charge is 0.335 e. The van der Waals surface area contributed by atoms with E-state index in [1.165, 1.54) is 11.3 Å². The molecule has 3 heterocycles. The van der Waals surface area contributed by atoms with Crippen molar-refractivity contribution in [3.8, 4) is 0 Å². The molecule has 2 fully saturated rings. The molecule has 1 aromatic rings. The van der Waals surface area contributed by atoms with E-state index in [-0.39, 0.29) is 5.91 Å². The van der Waals surface area contributed by atoms with Crippen LogP contribution in [0.4, 0.5) is 0 Å². The number of carbonyl (C=O) groups excluding carboxylic acids is 1. The van der Waals surface area contributed by atoms with Crippen molar-refractivity contribution >= 4 is 33.2 Å². The van der Waals surface area contributed by atoms with Gasteiger partial charge < -0.3 is 10.2 Å². The molecule has 2 aliphatic rings. The first-order valence-corrected chi connectivity index (χ1v) is 7.90. The lowest BCUT2D eigenvalue weighted by Gasteiger charge is -2.43. The maximum atomic E-state index is 12.3. The van der Waals surface area contributed by atoms with Gasteiger partial charge in [0.25, 0.3) is 5.91 Å². The zero-order chi connectivity index (χ0) is 12.5. The summed E-state index contributed by atoms with van der Waals surface area (Å²) in [6, 6.07) is 2.63. The quantitative estimate of drug-likeness (QED) is 0.886. The number of piperazine rings is 1. The van der Waals surface area contributed by atoms with Crippen LogP contribution >= 0.6 is 27.3 Å². The Morgan fingerprint density at radius 3 is 2.56 bits per heavy atom. The molecule has 0 spiro atoms. The van der Waals surface area contributed by atoms with Gasteiger partial charge in [0.1, 0.15) is 4.88 Å². The second-order valence-corrected chi connectivity index (χ2v) is 6.51. The Balaban J connectivity index is 1.59. The standard InChI is InChI=1S/C12H16BrN3OS/c13-10-1-6-18-11(10)12(17)16-4-2-15(3-5-16)9-7-14-8-9/h1,6,9,14H,2-5,7-8H2. The van der Waals surface area contributed by atoms with Crippen LogP contribution in [0.2, 0.25) is 0 Å². The Morgan fingerprint density at radius 2 is 2.06 bits per heavy atom. The molecular formula is C12H16BrN3OS. The number of halogens is 1. The van der Waals surface area contributed by atoms with Crippen molar-refractivity contribution in [1.82, 2.24) is 15.1 Å². The number of amides is 1. The molecule has 0 radical (unpaired) electrons. The molecule has 0 aromatic carbocycles. The molecule has 2 saturated heterocycles. The Bertz CT molecular complexity index is 438. The highest BCUT2D eigenvalue weighted by Crippen LogP contribution is 2.24. The summed E-state index contributed by atoms with van der Waals surface area (Å²) in [6.07, 6.45) is 0. The fourth-order valence-corrected chi connectivity index (χ4v) is 3.92. The van der Waals surface area contributed by atoms with Gasteiger partial charge in [0.15, 0.2) is 0 Å². The van der Waals surface area contributed by atoms with Gasteiger partial charge in [-0.3, -0.25) is 9.69 Å². The number of thiophene rings is 1. The average molecular weight is 330 g/mol. The zero-order valence-electron chi connectivity index (χ0n) is 10.1. The van der Waals surface area contributed by atoms with Gasteiger partial charge in [0.2, 0.25) is 0 Å². The van der Waals surface area contributed by atoms with Gasteiger partial charge in [-0.05, 0) is 27.4 Å². The molecule has 18 heavy (non-hydrogen) atoms. The molecule has 4 nitrogen and oxygen atoms in total. The van der Waals surface area contributed by atoms with E-state index in [0.717, 1.165) is 48.6 Å². The molecule has 1 aromatic heterocycles. The van der Waals surface area contributed by atoms with Crippen LogP contribution in [0.3, 0.4) is 0 Å². The third kappa shape index (κ3) is 2.34. The van der Waals surface area contributed by atoms with Gasteiger partial charge in [-0.25, -0.2) is 0 Å². The van der Waals surface area contributed by atoms with Gasteiger partial charge in [-0.15, -0.1) is 11.3 Å². The second-order valence-electron chi connectivity index (χ2n) is 4.74. The third-order valence-corrected chi connectivity index (χ3v) is 5.51. The normalized spacial score (nSPS) is 21.9. The molecule has 0 saturated carbocycles. The number of hydrogen-bond donors (Lipinski definition) is 1. The summed E-state index contributed by atoms with van der Waals surface area (Å²) in [5, 5.41) is 5.25. The van der Waals surface area contributed by atoms with Crippen molar-refractivity contribution in [2.45, 2.75) is 6.04 Å². The van der Waals surface area contributed by atoms with Crippen LogP contribution in [0.1, 0.15) is 9.67 Å². The number of nitrogens with zero attached hydrogens (tertiary/aromatic N) is 2. The van der Waals surface area contributed by atoms with Crippen LogP contribution in [0.5, 0.6) is 0 Å². The average Bonchev–Trinajstić information content (AvgIpc) is 2.73. The second kappa shape index (κ2) is 5.28. The number of carbonyl (C=O) groups is 1. The predicted molar refractivity (Wildman–Crippen MR) is 76.2 cm³/mol. The van der Waals surface area contributed by atoms with Crippen molar-refractivity contribution < 1.29 is 4.79 Å². The predicted octanol–water partition coefficient (Wildman–Crippen LogP) is 1.24. The number of nitrogens with one attached hydrogen (secondary N) is 1. The van der Waals surface area contributed by atoms with E-state index in [9.17, 15) is 4.79 Å². The summed E-state index contributed by atoms with van der Waals surface area (Å²) in [5.74, 6) is 0.170. The van der Waals surface area contributed by atoms with E-state index in [1.807, 2.05) is 16.3 Å². The first kappa shape index (κ1) is 12.6. The van der Waals surface area contributed by atoms with Crippen molar-refractivity contribution in [3.05, 3.63) is 20.8 Å². The van der Waals surface area contributed by atoms with Crippen LogP contribution in [-0.2, 0) is 0 Å². The first-order chi connectivity index (χ1) is 8.75. The Hall–Kier alpha value is -0.430. The molecule has 1 amide bonds. The maximum Gasteiger partial charge on any atom is 0.265 e. The van der Waals surface area contributed by atoms with E-state index in [2.05, 4.69) is 26.1 Å². The SMILES string of the molecule is O=C(c1sccc1Br)N1CCN(C2CNC2)CC1. The molecule has 6 heteroatoms. The van der Waals surface area contributed by atoms with Gasteiger partial charge in [0.05, 0.1) is 0 Å². The molecule has 2 aliphatic heterocycles. The Morgan fingerprint density at radius 1 is 1.33 bits per heavy atom. The van der Waals surface area contributed by atoms with Crippen molar-refractivity contribution in [3.63, 3.8) is 0 Å². The molecule has 0 atom stereocenters. The molecule has 3 rings (SSSR count). The summed E-state index contributed by atoms with van der Waals surface area (Å²) in [5.41, 5.74) is 0. The van der Waals surface area contributed by atoms with Gasteiger partial charge >= 0.3 is 0 Å². The zero-order valence-corrected chi connectivity index (χ0v) is 12.5. The van der Waals surface area contributed by atoms with E-state index in [0.29, 0.717) is 6.04 Å². The van der Waals surface area contributed by atoms with Crippen LogP contribution in [0, 0.1) is 0 Å². The molecule has 0 bridgehead atoms. The van der Waals surface area contributed by atoms with E-state index >= 15 is 0 Å². The molecule has 1 N–H and O–H groups in total. The van der Waals surface area contributed by atoms with Crippen LogP contribution < -0.4 is 5.32 Å². The Kier molecular flexibility index (Phi) is 3.70. The maximum absolute atomic E-state index is 12.3. The van der Waals surface area contributed by atoms with Gasteiger partial charge in [0, 0.05) is 49.8 Å². The summed E-state index contributed by atoms with van der Waals surface area (Å²) in [6.45, 7) is 5.90. The highest BCUT2D eigenvalue weighted by atomic mass is 79.9. The fraction of sp³-hybridized carbons (Fsp3) is 0.583. The van der Waals surface area contributed by atoms with Crippen LogP contribution in [0.15, 0.2) is 15.9 Å². The molecule has 98 valence electrons. The molecular weight excluding hydrogens is 314 g/mol. The topological polar surface area (TPSA) is 35.6 Å². The van der Waals surface area contributed by atoms with Crippen LogP contribution in [0.25, 0.3) is 0 Å². The van der Waals surface area contributed by atoms with Gasteiger partial charge in [-0.1, -0.05) is 0 Å². The summed E-state index contributed by atoms with van der Waals surface area (Å²) in [4.78, 5) is 17.6. The number of rotatable bonds is 2. The van der Waals surface area contributed by atoms with Gasteiger partial charge in [-0.2, -0.15) is 0 Å². The van der Waals surface area contributed by atoms with Crippen molar-refractivity contribution in [2.75, 3.05) is 39.3 Å². The first-order valence-electron chi connectivity index (χ1n) is 6.23. The highest BCUT2D eigenvalue weighted by molar-refractivity contribution is 9.10. The smallest absolute Gasteiger partial charge is 0.265 e. The van der Waals surface area contributed by atoms with Crippen LogP contribution in [-0.4, -0.2) is 61.0 Å². The summed E-state index contributed by atoms with van der Waals surface area (Å²) >= 11 is 4.95. The van der Waals surface area contributed by atoms with E-state index in [4.69, 9.17) is 0 Å². The summed E-state index contributed by atoms with van der Waals surface area (Å²) in [7, 11) is 0. The van der Waals surface area contributed by atoms with E-state index in [1.54, 1.807) is 0 Å². The van der Waals surface area contributed by atoms with Crippen molar-refractivity contribution in [2.24, 2.45) is 0 Å². The summed E-state index contributed by atoms with van der Waals surface area (Å²) < 4.78 is 0.920. The minimum Gasteiger partial charge on any atom is -0.335 e. The molecule has 0 aliphatic carbocycles. The Labute approximate surface area is 119 Å². The lowest BCUT2D eigenvalue weighted by Crippen LogP contribution is -2.62. The highest BCUT2D eigenvalue weighted by Gasteiger charge is 2.30. The van der Waals surface area contributed by atoms with Crippen molar-refractivity contribution in [1.29, 1.82) is 0 Å².